The third kappa shape index (κ3) is 4.49. The smallest absolute Gasteiger partial charge is 0.258 e. The summed E-state index contributed by atoms with van der Waals surface area (Å²) in [6.07, 6.45) is 2.05. The first-order valence-corrected chi connectivity index (χ1v) is 8.06. The molecule has 2 aromatic carbocycles. The molecular weight excluding hydrogens is 305 g/mol. The summed E-state index contributed by atoms with van der Waals surface area (Å²) in [5.41, 5.74) is 1.92. The monoisotopic (exact) mass is 325 g/mol. The molecule has 3 aromatic rings. The van der Waals surface area contributed by atoms with Crippen LogP contribution in [-0.2, 0) is 13.0 Å². The lowest BCUT2D eigenvalue weighted by Crippen LogP contribution is -2.26. The van der Waals surface area contributed by atoms with Gasteiger partial charge in [0.15, 0.2) is 5.82 Å². The molecule has 0 fully saturated rings. The number of aromatic nitrogens is 2. The van der Waals surface area contributed by atoms with Crippen molar-refractivity contribution in [1.82, 2.24) is 15.5 Å². The molecule has 24 heavy (non-hydrogen) atoms. The summed E-state index contributed by atoms with van der Waals surface area (Å²) in [7, 11) is 0. The van der Waals surface area contributed by atoms with Gasteiger partial charge in [0, 0.05) is 11.6 Å². The highest BCUT2D eigenvalue weighted by molar-refractivity contribution is 5.52. The highest BCUT2D eigenvalue weighted by Gasteiger charge is 2.10. The van der Waals surface area contributed by atoms with E-state index in [4.69, 9.17) is 4.52 Å². The van der Waals surface area contributed by atoms with Crippen LogP contribution in [0.4, 0.5) is 4.39 Å². The summed E-state index contributed by atoms with van der Waals surface area (Å²) in [4.78, 5) is 4.30. The quantitative estimate of drug-likeness (QED) is 0.714. The molecule has 1 heterocycles. The van der Waals surface area contributed by atoms with Gasteiger partial charge < -0.3 is 9.84 Å². The Kier molecular flexibility index (Phi) is 5.33. The number of nitrogens with one attached hydrogen (secondary N) is 1. The molecule has 0 amide bonds. The Morgan fingerprint density at radius 2 is 1.96 bits per heavy atom. The Labute approximate surface area is 140 Å². The Morgan fingerprint density at radius 3 is 2.75 bits per heavy atom. The average Bonchev–Trinajstić information content (AvgIpc) is 3.08. The minimum atomic E-state index is -0.320. The van der Waals surface area contributed by atoms with Gasteiger partial charge in [-0.3, -0.25) is 0 Å². The first-order chi connectivity index (χ1) is 11.7. The zero-order chi connectivity index (χ0) is 16.8. The van der Waals surface area contributed by atoms with E-state index in [-0.39, 0.29) is 5.82 Å². The van der Waals surface area contributed by atoms with E-state index in [1.165, 1.54) is 17.7 Å². The van der Waals surface area contributed by atoms with E-state index in [1.54, 1.807) is 12.1 Å². The molecule has 0 radical (unpaired) electrons. The zero-order valence-electron chi connectivity index (χ0n) is 13.6. The average molecular weight is 325 g/mol. The van der Waals surface area contributed by atoms with Gasteiger partial charge in [0.2, 0.25) is 0 Å². The van der Waals surface area contributed by atoms with Gasteiger partial charge in [-0.1, -0.05) is 41.6 Å². The van der Waals surface area contributed by atoms with Crippen molar-refractivity contribution in [3.8, 4) is 11.5 Å². The normalized spacial score (nSPS) is 12.2. The van der Waals surface area contributed by atoms with Crippen LogP contribution in [0.3, 0.4) is 0 Å². The molecule has 124 valence electrons. The third-order valence-electron chi connectivity index (χ3n) is 3.86. The summed E-state index contributed by atoms with van der Waals surface area (Å²) >= 11 is 0. The van der Waals surface area contributed by atoms with Crippen LogP contribution in [0.15, 0.2) is 59.1 Å². The number of aryl methyl sites for hydroxylation is 1. The summed E-state index contributed by atoms with van der Waals surface area (Å²) in [6, 6.07) is 16.9. The fourth-order valence-electron chi connectivity index (χ4n) is 2.46. The lowest BCUT2D eigenvalue weighted by atomic mass is 10.1. The summed E-state index contributed by atoms with van der Waals surface area (Å²) < 4.78 is 18.4. The maximum absolute atomic E-state index is 13.2. The molecule has 0 aliphatic rings. The largest absolute Gasteiger partial charge is 0.334 e. The van der Waals surface area contributed by atoms with E-state index in [1.807, 2.05) is 6.07 Å². The van der Waals surface area contributed by atoms with E-state index in [9.17, 15) is 4.39 Å². The SMILES string of the molecule is CC(CCc1ccccc1)NCc1noc(-c2cccc(F)c2)n1. The van der Waals surface area contributed by atoms with E-state index in [0.717, 1.165) is 12.8 Å². The molecular formula is C19H20FN3O. The molecule has 0 aliphatic carbocycles. The molecule has 0 saturated heterocycles. The van der Waals surface area contributed by atoms with Gasteiger partial charge in [-0.25, -0.2) is 4.39 Å². The van der Waals surface area contributed by atoms with Crippen LogP contribution in [0.25, 0.3) is 11.5 Å². The number of nitrogens with zero attached hydrogens (tertiary/aromatic N) is 2. The molecule has 0 spiro atoms. The Morgan fingerprint density at radius 1 is 1.12 bits per heavy atom. The standard InChI is InChI=1S/C19H20FN3O/c1-14(10-11-15-6-3-2-4-7-15)21-13-18-22-19(24-23-18)16-8-5-9-17(20)12-16/h2-9,12,14,21H,10-11,13H2,1H3. The van der Waals surface area contributed by atoms with Gasteiger partial charge >= 0.3 is 0 Å². The number of hydrogen-bond acceptors (Lipinski definition) is 4. The van der Waals surface area contributed by atoms with Gasteiger partial charge in [0.1, 0.15) is 5.82 Å². The molecule has 0 aliphatic heterocycles. The molecule has 0 saturated carbocycles. The van der Waals surface area contributed by atoms with Gasteiger partial charge in [0.05, 0.1) is 6.54 Å². The second-order valence-electron chi connectivity index (χ2n) is 5.83. The first kappa shape index (κ1) is 16.3. The molecule has 5 heteroatoms. The van der Waals surface area contributed by atoms with Crippen LogP contribution >= 0.6 is 0 Å². The molecule has 1 atom stereocenters. The number of benzene rings is 2. The van der Waals surface area contributed by atoms with Crippen molar-refractivity contribution in [1.29, 1.82) is 0 Å². The van der Waals surface area contributed by atoms with Gasteiger partial charge in [0.25, 0.3) is 5.89 Å². The van der Waals surface area contributed by atoms with Crippen molar-refractivity contribution in [2.45, 2.75) is 32.4 Å². The topological polar surface area (TPSA) is 51.0 Å². The van der Waals surface area contributed by atoms with Crippen molar-refractivity contribution in [2.75, 3.05) is 0 Å². The first-order valence-electron chi connectivity index (χ1n) is 8.06. The predicted molar refractivity (Wildman–Crippen MR) is 90.8 cm³/mol. The lowest BCUT2D eigenvalue weighted by Gasteiger charge is -2.12. The van der Waals surface area contributed by atoms with Gasteiger partial charge in [-0.05, 0) is 43.5 Å². The Hall–Kier alpha value is -2.53. The van der Waals surface area contributed by atoms with E-state index >= 15 is 0 Å². The van der Waals surface area contributed by atoms with Crippen molar-refractivity contribution in [2.24, 2.45) is 0 Å². The van der Waals surface area contributed by atoms with Crippen LogP contribution < -0.4 is 5.32 Å². The van der Waals surface area contributed by atoms with Gasteiger partial charge in [-0.15, -0.1) is 0 Å². The third-order valence-corrected chi connectivity index (χ3v) is 3.86. The van der Waals surface area contributed by atoms with Crippen LogP contribution in [0.5, 0.6) is 0 Å². The number of hydrogen-bond donors (Lipinski definition) is 1. The maximum atomic E-state index is 13.2. The summed E-state index contributed by atoms with van der Waals surface area (Å²) in [5, 5.41) is 7.33. The number of halogens is 1. The van der Waals surface area contributed by atoms with E-state index in [2.05, 4.69) is 46.6 Å². The lowest BCUT2D eigenvalue weighted by molar-refractivity contribution is 0.414. The molecule has 4 nitrogen and oxygen atoms in total. The minimum absolute atomic E-state index is 0.320. The minimum Gasteiger partial charge on any atom is -0.334 e. The Bertz CT molecular complexity index is 773. The molecule has 1 aromatic heterocycles. The summed E-state index contributed by atoms with van der Waals surface area (Å²) in [6.45, 7) is 2.66. The molecule has 1 unspecified atom stereocenters. The molecule has 0 bridgehead atoms. The second kappa shape index (κ2) is 7.84. The van der Waals surface area contributed by atoms with Crippen LogP contribution in [0.2, 0.25) is 0 Å². The van der Waals surface area contributed by atoms with Crippen molar-refractivity contribution < 1.29 is 8.91 Å². The van der Waals surface area contributed by atoms with Crippen molar-refractivity contribution in [3.05, 3.63) is 71.8 Å². The summed E-state index contributed by atoms with van der Waals surface area (Å²) in [5.74, 6) is 0.587. The zero-order valence-corrected chi connectivity index (χ0v) is 13.6. The highest BCUT2D eigenvalue weighted by Crippen LogP contribution is 2.17. The highest BCUT2D eigenvalue weighted by atomic mass is 19.1. The van der Waals surface area contributed by atoms with Crippen molar-refractivity contribution in [3.63, 3.8) is 0 Å². The number of rotatable bonds is 7. The van der Waals surface area contributed by atoms with Crippen LogP contribution in [-0.4, -0.2) is 16.2 Å². The van der Waals surface area contributed by atoms with Gasteiger partial charge in [-0.2, -0.15) is 4.98 Å². The molecule has 1 N–H and O–H groups in total. The van der Waals surface area contributed by atoms with Crippen molar-refractivity contribution >= 4 is 0 Å². The van der Waals surface area contributed by atoms with E-state index in [0.29, 0.717) is 29.9 Å². The van der Waals surface area contributed by atoms with Crippen LogP contribution in [0.1, 0.15) is 24.7 Å². The predicted octanol–water partition coefficient (Wildman–Crippen LogP) is 3.99. The van der Waals surface area contributed by atoms with Crippen LogP contribution in [0, 0.1) is 5.82 Å². The second-order valence-corrected chi connectivity index (χ2v) is 5.83. The molecule has 3 rings (SSSR count). The van der Waals surface area contributed by atoms with E-state index < -0.39 is 0 Å². The Balaban J connectivity index is 1.50. The maximum Gasteiger partial charge on any atom is 0.258 e. The fourth-order valence-corrected chi connectivity index (χ4v) is 2.46. The fraction of sp³-hybridized carbons (Fsp3) is 0.263.